The average Bonchev–Trinajstić information content (AvgIpc) is 2.42. The summed E-state index contributed by atoms with van der Waals surface area (Å²) in [6.07, 6.45) is 0. The summed E-state index contributed by atoms with van der Waals surface area (Å²) in [6, 6.07) is 17.4. The van der Waals surface area contributed by atoms with Crippen LogP contribution in [0.15, 0.2) is 60.7 Å². The van der Waals surface area contributed by atoms with Crippen LogP contribution in [0.2, 0.25) is 0 Å². The van der Waals surface area contributed by atoms with Gasteiger partial charge in [-0.05, 0) is 24.3 Å². The molecule has 0 heterocycles. The molecule has 0 aliphatic rings. The van der Waals surface area contributed by atoms with E-state index in [9.17, 15) is 0 Å². The summed E-state index contributed by atoms with van der Waals surface area (Å²) in [5.41, 5.74) is 0. The monoisotopic (exact) mass is 466 g/mol. The van der Waals surface area contributed by atoms with Crippen LogP contribution in [0.1, 0.15) is 13.8 Å². The summed E-state index contributed by atoms with van der Waals surface area (Å²) in [5, 5.41) is 17.3. The van der Waals surface area contributed by atoms with Gasteiger partial charge < -0.3 is 39.9 Å². The number of hydrogen-bond acceptors (Lipinski definition) is 2. The van der Waals surface area contributed by atoms with Crippen molar-refractivity contribution in [1.29, 1.82) is 0 Å². The number of hydrogen-bond donors (Lipinski definition) is 2. The zero-order chi connectivity index (χ0) is 14.5. The maximum absolute atomic E-state index is 8.63. The van der Waals surface area contributed by atoms with Crippen molar-refractivity contribution in [3.05, 3.63) is 90.4 Å². The summed E-state index contributed by atoms with van der Waals surface area (Å²) in [5.74, 6) is 1.44. The minimum atomic E-state index is 0. The first-order chi connectivity index (χ1) is 9.06. The smallest absolute Gasteiger partial charge is 0.115 e. The Labute approximate surface area is 183 Å². The molecule has 0 radical (unpaired) electrons. The van der Waals surface area contributed by atoms with Crippen molar-refractivity contribution in [3.63, 3.8) is 0 Å². The van der Waals surface area contributed by atoms with Gasteiger partial charge in [-0.25, -0.2) is 0 Å². The van der Waals surface area contributed by atoms with Gasteiger partial charge in [0.2, 0.25) is 0 Å². The number of phenolic OH excluding ortho intramolecular Hbond substituents is 2. The Morgan fingerprint density at radius 2 is 0.880 bits per heavy atom. The van der Waals surface area contributed by atoms with Crippen LogP contribution in [0.3, 0.4) is 0 Å². The molecule has 0 spiro atoms. The molecule has 5 heteroatoms. The van der Waals surface area contributed by atoms with Crippen molar-refractivity contribution in [2.45, 2.75) is 13.8 Å². The predicted molar refractivity (Wildman–Crippen MR) is 117 cm³/mol. The van der Waals surface area contributed by atoms with Crippen molar-refractivity contribution in [2.75, 3.05) is 0 Å². The van der Waals surface area contributed by atoms with E-state index < -0.39 is 0 Å². The molecule has 0 aliphatic carbocycles. The standard InChI is InChI=1S/2C6H6O.C4H8.4CH3.2ClH.Zr/c2*7-6-4-2-1-3-5-6;1-4(2)3;;;;;;;/h2*1-5,7H;1,4H,2-3H3;4*1H3;2*1H;/q;;;4*-1;;;. The quantitative estimate of drug-likeness (QED) is 0.474. The summed E-state index contributed by atoms with van der Waals surface area (Å²) >= 11 is 1.54. The van der Waals surface area contributed by atoms with E-state index in [1.165, 1.54) is 24.2 Å². The molecule has 0 saturated heterocycles. The molecule has 0 bridgehead atoms. The van der Waals surface area contributed by atoms with Crippen LogP contribution < -0.4 is 0 Å². The minimum absolute atomic E-state index is 0. The molecule has 25 heavy (non-hydrogen) atoms. The SMILES string of the molecule is CC(C)[CH]=[Zr].Cl.Cl.Oc1ccccc1.Oc1ccccc1.[CH3-].[CH3-].[CH3-].[CH3-]. The van der Waals surface area contributed by atoms with Crippen LogP contribution in [-0.2, 0) is 24.2 Å². The molecule has 0 fully saturated rings. The summed E-state index contributed by atoms with van der Waals surface area (Å²) in [4.78, 5) is 0. The molecule has 0 unspecified atom stereocenters. The Kier molecular flexibility index (Phi) is 55.0. The molecule has 0 aromatic heterocycles. The van der Waals surface area contributed by atoms with Gasteiger partial charge in [-0.2, -0.15) is 0 Å². The third-order valence-electron chi connectivity index (χ3n) is 1.85. The zero-order valence-electron chi connectivity index (χ0n) is 16.1. The van der Waals surface area contributed by atoms with Gasteiger partial charge in [0.05, 0.1) is 0 Å². The van der Waals surface area contributed by atoms with Crippen LogP contribution in [-0.4, -0.2) is 13.9 Å². The van der Waals surface area contributed by atoms with Crippen molar-refractivity contribution < 1.29 is 34.4 Å². The number of aromatic hydroxyl groups is 2. The van der Waals surface area contributed by atoms with Crippen LogP contribution in [0.4, 0.5) is 0 Å². The number of para-hydroxylation sites is 2. The molecule has 2 aromatic carbocycles. The fraction of sp³-hybridized carbons (Fsp3) is 0.150. The summed E-state index contributed by atoms with van der Waals surface area (Å²) < 4.78 is 2.26. The first-order valence-corrected chi connectivity index (χ1v) is 7.46. The summed E-state index contributed by atoms with van der Waals surface area (Å²) in [7, 11) is 0. The van der Waals surface area contributed by atoms with Crippen molar-refractivity contribution >= 4 is 28.5 Å². The maximum atomic E-state index is 8.63. The van der Waals surface area contributed by atoms with E-state index >= 15 is 0 Å². The Balaban J connectivity index is -0.0000000352. The first kappa shape index (κ1) is 44.1. The third kappa shape index (κ3) is 35.4. The van der Waals surface area contributed by atoms with Gasteiger partial charge in [0.25, 0.3) is 0 Å². The van der Waals surface area contributed by atoms with Crippen molar-refractivity contribution in [1.82, 2.24) is 0 Å². The van der Waals surface area contributed by atoms with E-state index in [2.05, 4.69) is 17.6 Å². The van der Waals surface area contributed by atoms with E-state index in [4.69, 9.17) is 10.2 Å². The average molecular weight is 469 g/mol. The fourth-order valence-electron chi connectivity index (χ4n) is 0.856. The van der Waals surface area contributed by atoms with Gasteiger partial charge in [-0.3, -0.25) is 0 Å². The molecular weight excluding hydrogens is 434 g/mol. The molecule has 0 amide bonds. The van der Waals surface area contributed by atoms with Crippen molar-refractivity contribution in [3.8, 4) is 11.5 Å². The molecule has 2 nitrogen and oxygen atoms in total. The molecule has 2 rings (SSSR count). The topological polar surface area (TPSA) is 40.5 Å². The van der Waals surface area contributed by atoms with E-state index in [1.54, 1.807) is 48.5 Å². The number of phenols is 2. The van der Waals surface area contributed by atoms with E-state index in [1.807, 2.05) is 12.1 Å². The fourth-order valence-corrected chi connectivity index (χ4v) is 0.856. The van der Waals surface area contributed by atoms with Gasteiger partial charge in [-0.15, -0.1) is 24.8 Å². The molecule has 0 aliphatic heterocycles. The van der Waals surface area contributed by atoms with Gasteiger partial charge in [0.15, 0.2) is 0 Å². The Hall–Kier alpha value is -0.627. The maximum Gasteiger partial charge on any atom is 0.115 e. The van der Waals surface area contributed by atoms with Gasteiger partial charge in [0.1, 0.15) is 11.5 Å². The second kappa shape index (κ2) is 31.2. The second-order valence-corrected chi connectivity index (χ2v) is 4.90. The van der Waals surface area contributed by atoms with Crippen LogP contribution in [0.5, 0.6) is 11.5 Å². The number of halogens is 2. The van der Waals surface area contributed by atoms with Gasteiger partial charge in [0, 0.05) is 0 Å². The Morgan fingerprint density at radius 1 is 0.680 bits per heavy atom. The molecule has 2 aromatic rings. The van der Waals surface area contributed by atoms with Crippen LogP contribution in [0, 0.1) is 35.6 Å². The van der Waals surface area contributed by atoms with Gasteiger partial charge in [-0.1, -0.05) is 36.4 Å². The molecule has 148 valence electrons. The van der Waals surface area contributed by atoms with E-state index in [-0.39, 0.29) is 54.5 Å². The Morgan fingerprint density at radius 3 is 0.960 bits per heavy atom. The van der Waals surface area contributed by atoms with Crippen molar-refractivity contribution in [2.24, 2.45) is 5.92 Å². The van der Waals surface area contributed by atoms with Gasteiger partial charge >= 0.3 is 47.7 Å². The van der Waals surface area contributed by atoms with E-state index in [0.29, 0.717) is 11.5 Å². The summed E-state index contributed by atoms with van der Waals surface area (Å²) in [6.45, 7) is 4.38. The first-order valence-electron chi connectivity index (χ1n) is 6.05. The van der Waals surface area contributed by atoms with Crippen LogP contribution >= 0.6 is 24.8 Å². The predicted octanol–water partition coefficient (Wildman–Crippen LogP) is 6.42. The third-order valence-corrected chi connectivity index (χ3v) is 3.48. The number of rotatable bonds is 1. The molecule has 0 saturated carbocycles. The minimum Gasteiger partial charge on any atom is -0.508 e. The molecule has 0 atom stereocenters. The largest absolute Gasteiger partial charge is 0.508 e. The zero-order valence-corrected chi connectivity index (χ0v) is 20.2. The molecular formula is C20H34Cl2O2Zr-4. The second-order valence-electron chi connectivity index (χ2n) is 4.08. The molecule has 2 N–H and O–H groups in total. The number of benzene rings is 2. The Bertz CT molecular complexity index is 400. The van der Waals surface area contributed by atoms with E-state index in [0.717, 1.165) is 5.92 Å². The van der Waals surface area contributed by atoms with Crippen LogP contribution in [0.25, 0.3) is 0 Å². The normalized spacial score (nSPS) is 6.48.